The van der Waals surface area contributed by atoms with Crippen LogP contribution < -0.4 is 5.32 Å². The maximum absolute atomic E-state index is 11.1. The second-order valence-electron chi connectivity index (χ2n) is 3.45. The average molecular weight is 225 g/mol. The lowest BCUT2D eigenvalue weighted by molar-refractivity contribution is 0.605. The Morgan fingerprint density at radius 1 is 1.47 bits per heavy atom. The lowest BCUT2D eigenvalue weighted by atomic mass is 10.3. The van der Waals surface area contributed by atoms with E-state index in [1.165, 1.54) is 11.7 Å². The van der Waals surface area contributed by atoms with Crippen LogP contribution >= 0.6 is 0 Å². The molecular formula is C9H11N3O2S. The van der Waals surface area contributed by atoms with Crippen LogP contribution in [0.25, 0.3) is 0 Å². The van der Waals surface area contributed by atoms with Crippen molar-refractivity contribution >= 4 is 15.7 Å². The molecule has 0 saturated carbocycles. The van der Waals surface area contributed by atoms with Crippen molar-refractivity contribution in [2.24, 2.45) is 0 Å². The van der Waals surface area contributed by atoms with Gasteiger partial charge in [0.2, 0.25) is 0 Å². The Bertz CT molecular complexity index is 496. The minimum atomic E-state index is -3.01. The van der Waals surface area contributed by atoms with Crippen molar-refractivity contribution in [2.75, 3.05) is 11.1 Å². The Balaban J connectivity index is 2.09. The van der Waals surface area contributed by atoms with Gasteiger partial charge in [0.25, 0.3) is 0 Å². The zero-order chi connectivity index (χ0) is 10.9. The van der Waals surface area contributed by atoms with Crippen molar-refractivity contribution in [3.05, 3.63) is 29.6 Å². The summed E-state index contributed by atoms with van der Waals surface area (Å²) in [4.78, 5) is 7.96. The smallest absolute Gasteiger partial charge is 0.173 e. The zero-order valence-corrected chi connectivity index (χ0v) is 9.03. The molecule has 0 aromatic carbocycles. The fraction of sp³-hybridized carbons (Fsp3) is 0.333. The molecule has 0 bridgehead atoms. The number of aromatic nitrogens is 2. The lowest BCUT2D eigenvalue weighted by Crippen LogP contribution is -2.21. The van der Waals surface area contributed by atoms with E-state index < -0.39 is 9.84 Å². The number of hydrogen-bond donors (Lipinski definition) is 1. The summed E-state index contributed by atoms with van der Waals surface area (Å²) in [6.45, 7) is 1.86. The van der Waals surface area contributed by atoms with Crippen LogP contribution in [0.4, 0.5) is 5.82 Å². The standard InChI is InChI=1S/C9H11N3O2S/c1-7-4-9(11-6-10-7)12-8-2-3-15(13,14)5-8/h2-4,6,8H,5H2,1H3,(H,10,11,12). The van der Waals surface area contributed by atoms with Crippen LogP contribution in [0.2, 0.25) is 0 Å². The van der Waals surface area contributed by atoms with Crippen molar-refractivity contribution in [1.82, 2.24) is 9.97 Å². The third-order valence-electron chi connectivity index (χ3n) is 2.07. The number of nitrogens with zero attached hydrogens (tertiary/aromatic N) is 2. The van der Waals surface area contributed by atoms with Crippen molar-refractivity contribution in [3.63, 3.8) is 0 Å². The molecule has 1 aliphatic rings. The topological polar surface area (TPSA) is 72.0 Å². The molecule has 15 heavy (non-hydrogen) atoms. The Morgan fingerprint density at radius 2 is 2.27 bits per heavy atom. The van der Waals surface area contributed by atoms with Crippen LogP contribution in [-0.2, 0) is 9.84 Å². The van der Waals surface area contributed by atoms with E-state index in [0.29, 0.717) is 5.82 Å². The van der Waals surface area contributed by atoms with Crippen molar-refractivity contribution in [1.29, 1.82) is 0 Å². The van der Waals surface area contributed by atoms with Crippen molar-refractivity contribution in [2.45, 2.75) is 13.0 Å². The molecule has 1 aliphatic heterocycles. The van der Waals surface area contributed by atoms with Gasteiger partial charge in [0.1, 0.15) is 12.1 Å². The third kappa shape index (κ3) is 2.53. The largest absolute Gasteiger partial charge is 0.363 e. The van der Waals surface area contributed by atoms with Gasteiger partial charge in [-0.25, -0.2) is 18.4 Å². The molecule has 0 radical (unpaired) electrons. The SMILES string of the molecule is Cc1cc(NC2C=CS(=O)(=O)C2)ncn1. The van der Waals surface area contributed by atoms with Gasteiger partial charge in [-0.1, -0.05) is 0 Å². The highest BCUT2D eigenvalue weighted by atomic mass is 32.2. The van der Waals surface area contributed by atoms with Crippen LogP contribution in [0.3, 0.4) is 0 Å². The van der Waals surface area contributed by atoms with Crippen molar-refractivity contribution in [3.8, 4) is 0 Å². The Labute approximate surface area is 88.2 Å². The molecule has 1 aromatic heterocycles. The van der Waals surface area contributed by atoms with Gasteiger partial charge >= 0.3 is 0 Å². The number of nitrogens with one attached hydrogen (secondary N) is 1. The molecule has 6 heteroatoms. The highest BCUT2D eigenvalue weighted by Crippen LogP contribution is 2.13. The predicted molar refractivity (Wildman–Crippen MR) is 57.1 cm³/mol. The molecule has 0 amide bonds. The van der Waals surface area contributed by atoms with Gasteiger partial charge < -0.3 is 5.32 Å². The van der Waals surface area contributed by atoms with Crippen LogP contribution in [0, 0.1) is 6.92 Å². The minimum absolute atomic E-state index is 0.0933. The van der Waals surface area contributed by atoms with Gasteiger partial charge in [-0.3, -0.25) is 0 Å². The van der Waals surface area contributed by atoms with Crippen LogP contribution in [0.5, 0.6) is 0 Å². The normalized spacial score (nSPS) is 22.9. The Kier molecular flexibility index (Phi) is 2.44. The van der Waals surface area contributed by atoms with Crippen LogP contribution in [0.1, 0.15) is 5.69 Å². The molecule has 2 heterocycles. The van der Waals surface area contributed by atoms with E-state index in [2.05, 4.69) is 15.3 Å². The van der Waals surface area contributed by atoms with Crippen LogP contribution in [0.15, 0.2) is 23.9 Å². The summed E-state index contributed by atoms with van der Waals surface area (Å²) in [6.07, 6.45) is 3.08. The quantitative estimate of drug-likeness (QED) is 0.794. The van der Waals surface area contributed by atoms with E-state index in [-0.39, 0.29) is 11.8 Å². The fourth-order valence-electron chi connectivity index (χ4n) is 1.39. The summed E-state index contributed by atoms with van der Waals surface area (Å²) >= 11 is 0. The maximum Gasteiger partial charge on any atom is 0.173 e. The minimum Gasteiger partial charge on any atom is -0.363 e. The molecule has 0 saturated heterocycles. The molecule has 80 valence electrons. The molecule has 0 fully saturated rings. The van der Waals surface area contributed by atoms with E-state index in [4.69, 9.17) is 0 Å². The molecule has 2 rings (SSSR count). The van der Waals surface area contributed by atoms with Gasteiger partial charge in [0.05, 0.1) is 11.8 Å². The number of hydrogen-bond acceptors (Lipinski definition) is 5. The van der Waals surface area contributed by atoms with E-state index in [1.54, 1.807) is 12.1 Å². The van der Waals surface area contributed by atoms with E-state index in [9.17, 15) is 8.42 Å². The molecule has 0 spiro atoms. The van der Waals surface area contributed by atoms with Gasteiger partial charge in [0.15, 0.2) is 9.84 Å². The molecule has 5 nitrogen and oxygen atoms in total. The number of rotatable bonds is 2. The first-order valence-corrected chi connectivity index (χ1v) is 6.23. The molecule has 1 unspecified atom stereocenters. The monoisotopic (exact) mass is 225 g/mol. The molecule has 1 atom stereocenters. The zero-order valence-electron chi connectivity index (χ0n) is 8.21. The molecule has 0 aliphatic carbocycles. The third-order valence-corrected chi connectivity index (χ3v) is 3.46. The molecule has 1 aromatic rings. The van der Waals surface area contributed by atoms with E-state index in [1.807, 2.05) is 6.92 Å². The highest BCUT2D eigenvalue weighted by Gasteiger charge is 2.21. The Morgan fingerprint density at radius 3 is 2.87 bits per heavy atom. The van der Waals surface area contributed by atoms with Gasteiger partial charge in [0, 0.05) is 17.2 Å². The predicted octanol–water partition coefficient (Wildman–Crippen LogP) is 0.508. The lowest BCUT2D eigenvalue weighted by Gasteiger charge is -2.10. The number of aryl methyl sites for hydroxylation is 1. The van der Waals surface area contributed by atoms with Gasteiger partial charge in [-0.05, 0) is 13.0 Å². The van der Waals surface area contributed by atoms with Gasteiger partial charge in [-0.2, -0.15) is 0 Å². The first-order valence-electron chi connectivity index (χ1n) is 4.51. The summed E-state index contributed by atoms with van der Waals surface area (Å²) in [5.41, 5.74) is 0.845. The molecule has 1 N–H and O–H groups in total. The number of sulfone groups is 1. The van der Waals surface area contributed by atoms with Gasteiger partial charge in [-0.15, -0.1) is 0 Å². The first kappa shape index (κ1) is 10.1. The maximum atomic E-state index is 11.1. The second-order valence-corrected chi connectivity index (χ2v) is 5.38. The summed E-state index contributed by atoms with van der Waals surface area (Å²) in [5, 5.41) is 4.26. The van der Waals surface area contributed by atoms with Crippen LogP contribution in [-0.4, -0.2) is 30.2 Å². The Hall–Kier alpha value is -1.43. The first-order chi connectivity index (χ1) is 7.05. The summed E-state index contributed by atoms with van der Waals surface area (Å²) < 4.78 is 22.3. The fourth-order valence-corrected chi connectivity index (χ4v) is 2.62. The van der Waals surface area contributed by atoms with E-state index >= 15 is 0 Å². The summed E-state index contributed by atoms with van der Waals surface area (Å²) in [6, 6.07) is 1.59. The molecular weight excluding hydrogens is 214 g/mol. The summed E-state index contributed by atoms with van der Waals surface area (Å²) in [7, 11) is -3.01. The highest BCUT2D eigenvalue weighted by molar-refractivity contribution is 7.94. The second kappa shape index (κ2) is 3.62. The summed E-state index contributed by atoms with van der Waals surface area (Å²) in [5.74, 6) is 0.741. The average Bonchev–Trinajstić information content (AvgIpc) is 2.45. The van der Waals surface area contributed by atoms with E-state index in [0.717, 1.165) is 5.69 Å². The number of anilines is 1. The van der Waals surface area contributed by atoms with Crippen molar-refractivity contribution < 1.29 is 8.42 Å².